The zero-order valence-electron chi connectivity index (χ0n) is 5.82. The molecule has 0 fully saturated rings. The van der Waals surface area contributed by atoms with Gasteiger partial charge in [-0.05, 0) is 0 Å². The van der Waals surface area contributed by atoms with Gasteiger partial charge in [-0.15, -0.1) is 11.3 Å². The van der Waals surface area contributed by atoms with Crippen LogP contribution in [0.25, 0.3) is 10.2 Å². The highest BCUT2D eigenvalue weighted by atomic mass is 35.5. The number of hydrogen-bond acceptors (Lipinski definition) is 4. The van der Waals surface area contributed by atoms with Gasteiger partial charge in [0, 0.05) is 6.20 Å². The van der Waals surface area contributed by atoms with Crippen molar-refractivity contribution in [2.45, 2.75) is 0 Å². The van der Waals surface area contributed by atoms with Crippen LogP contribution in [-0.4, -0.2) is 16.3 Å². The van der Waals surface area contributed by atoms with Crippen molar-refractivity contribution in [1.29, 1.82) is 0 Å². The van der Waals surface area contributed by atoms with E-state index in [0.29, 0.717) is 21.7 Å². The number of aldehydes is 1. The summed E-state index contributed by atoms with van der Waals surface area (Å²) in [5.41, 5.74) is 1.09. The summed E-state index contributed by atoms with van der Waals surface area (Å²) in [6.45, 7) is 0. The summed E-state index contributed by atoms with van der Waals surface area (Å²) in [7, 11) is 0. The van der Waals surface area contributed by atoms with E-state index >= 15 is 0 Å². The SMILES string of the molecule is O=Cc1c(Cl)sc2cncnc12. The summed E-state index contributed by atoms with van der Waals surface area (Å²) in [6.07, 6.45) is 3.76. The summed E-state index contributed by atoms with van der Waals surface area (Å²) < 4.78 is 1.31. The Balaban J connectivity index is 2.90. The van der Waals surface area contributed by atoms with Gasteiger partial charge in [0.1, 0.15) is 10.7 Å². The van der Waals surface area contributed by atoms with Gasteiger partial charge in [-0.25, -0.2) is 9.97 Å². The molecule has 0 atom stereocenters. The molecule has 2 aromatic rings. The Labute approximate surface area is 77.0 Å². The van der Waals surface area contributed by atoms with E-state index in [1.165, 1.54) is 17.7 Å². The molecule has 0 aromatic carbocycles. The molecule has 0 amide bonds. The normalized spacial score (nSPS) is 10.4. The standard InChI is InChI=1S/C7H3ClN2OS/c8-7-4(2-11)6-5(12-7)1-9-3-10-6/h1-3H. The average Bonchev–Trinajstić information content (AvgIpc) is 2.40. The van der Waals surface area contributed by atoms with Gasteiger partial charge in [0.15, 0.2) is 6.29 Å². The molecule has 0 radical (unpaired) electrons. The smallest absolute Gasteiger partial charge is 0.154 e. The Morgan fingerprint density at radius 2 is 2.42 bits per heavy atom. The Morgan fingerprint density at radius 3 is 3.17 bits per heavy atom. The molecule has 0 aliphatic carbocycles. The van der Waals surface area contributed by atoms with Gasteiger partial charge in [0.25, 0.3) is 0 Å². The molecule has 0 aliphatic heterocycles. The minimum atomic E-state index is 0.457. The van der Waals surface area contributed by atoms with Crippen LogP contribution < -0.4 is 0 Å². The van der Waals surface area contributed by atoms with Crippen molar-refractivity contribution in [3.8, 4) is 0 Å². The van der Waals surface area contributed by atoms with Crippen molar-refractivity contribution >= 4 is 39.4 Å². The van der Waals surface area contributed by atoms with Crippen molar-refractivity contribution in [2.75, 3.05) is 0 Å². The lowest BCUT2D eigenvalue weighted by Crippen LogP contribution is -1.81. The van der Waals surface area contributed by atoms with Gasteiger partial charge >= 0.3 is 0 Å². The number of fused-ring (bicyclic) bond motifs is 1. The molecule has 5 heteroatoms. The zero-order chi connectivity index (χ0) is 8.55. The monoisotopic (exact) mass is 198 g/mol. The lowest BCUT2D eigenvalue weighted by Gasteiger charge is -1.85. The molecule has 2 heterocycles. The van der Waals surface area contributed by atoms with Crippen molar-refractivity contribution < 1.29 is 4.79 Å². The highest BCUT2D eigenvalue weighted by molar-refractivity contribution is 7.23. The highest BCUT2D eigenvalue weighted by Crippen LogP contribution is 2.31. The minimum absolute atomic E-state index is 0.457. The molecule has 0 N–H and O–H groups in total. The number of halogens is 1. The summed E-state index contributed by atoms with van der Waals surface area (Å²) in [5, 5.41) is 0. The molecule has 2 rings (SSSR count). The molecule has 3 nitrogen and oxygen atoms in total. The molecule has 0 spiro atoms. The van der Waals surface area contributed by atoms with Gasteiger partial charge in [-0.2, -0.15) is 0 Å². The molecule has 0 unspecified atom stereocenters. The molecular weight excluding hydrogens is 196 g/mol. The van der Waals surface area contributed by atoms with Crippen molar-refractivity contribution in [3.05, 3.63) is 22.4 Å². The van der Waals surface area contributed by atoms with Crippen LogP contribution in [0.5, 0.6) is 0 Å². The Bertz CT molecular complexity index is 440. The maximum atomic E-state index is 10.6. The van der Waals surface area contributed by atoms with E-state index in [-0.39, 0.29) is 0 Å². The van der Waals surface area contributed by atoms with Crippen LogP contribution in [0.15, 0.2) is 12.5 Å². The number of aromatic nitrogens is 2. The van der Waals surface area contributed by atoms with E-state index in [0.717, 1.165) is 4.70 Å². The third-order valence-electron chi connectivity index (χ3n) is 1.46. The highest BCUT2D eigenvalue weighted by Gasteiger charge is 2.09. The maximum Gasteiger partial charge on any atom is 0.154 e. The third kappa shape index (κ3) is 1.00. The van der Waals surface area contributed by atoms with Crippen molar-refractivity contribution in [3.63, 3.8) is 0 Å². The minimum Gasteiger partial charge on any atom is -0.298 e. The number of rotatable bonds is 1. The van der Waals surface area contributed by atoms with Crippen LogP contribution in [0, 0.1) is 0 Å². The fourth-order valence-corrected chi connectivity index (χ4v) is 2.14. The molecule has 2 aromatic heterocycles. The number of hydrogen-bond donors (Lipinski definition) is 0. The molecular formula is C7H3ClN2OS. The van der Waals surface area contributed by atoms with Gasteiger partial charge in [-0.3, -0.25) is 4.79 Å². The van der Waals surface area contributed by atoms with Crippen LogP contribution in [0.3, 0.4) is 0 Å². The summed E-state index contributed by atoms with van der Waals surface area (Å²) in [4.78, 5) is 18.3. The maximum absolute atomic E-state index is 10.6. The number of carbonyl (C=O) groups is 1. The first kappa shape index (κ1) is 7.64. The fourth-order valence-electron chi connectivity index (χ4n) is 0.941. The van der Waals surface area contributed by atoms with E-state index in [1.54, 1.807) is 6.20 Å². The van der Waals surface area contributed by atoms with Crippen LogP contribution >= 0.6 is 22.9 Å². The number of nitrogens with zero attached hydrogens (tertiary/aromatic N) is 2. The third-order valence-corrected chi connectivity index (χ3v) is 2.82. The van der Waals surface area contributed by atoms with Crippen LogP contribution in [0.1, 0.15) is 10.4 Å². The lowest BCUT2D eigenvalue weighted by atomic mass is 10.3. The second-order valence-electron chi connectivity index (χ2n) is 2.14. The quantitative estimate of drug-likeness (QED) is 0.660. The first-order chi connectivity index (χ1) is 5.83. The molecule has 12 heavy (non-hydrogen) atoms. The predicted molar refractivity (Wildman–Crippen MR) is 47.8 cm³/mol. The topological polar surface area (TPSA) is 42.9 Å². The summed E-state index contributed by atoms with van der Waals surface area (Å²) in [5.74, 6) is 0. The first-order valence-electron chi connectivity index (χ1n) is 3.16. The Hall–Kier alpha value is -1.00. The second-order valence-corrected chi connectivity index (χ2v) is 3.80. The molecule has 60 valence electrons. The second kappa shape index (κ2) is 2.80. The Morgan fingerprint density at radius 1 is 1.58 bits per heavy atom. The average molecular weight is 199 g/mol. The first-order valence-corrected chi connectivity index (χ1v) is 4.35. The van der Waals surface area contributed by atoms with E-state index in [9.17, 15) is 4.79 Å². The number of carbonyl (C=O) groups excluding carboxylic acids is 1. The van der Waals surface area contributed by atoms with Gasteiger partial charge < -0.3 is 0 Å². The van der Waals surface area contributed by atoms with Crippen molar-refractivity contribution in [1.82, 2.24) is 9.97 Å². The van der Waals surface area contributed by atoms with Crippen molar-refractivity contribution in [2.24, 2.45) is 0 Å². The Kier molecular flexibility index (Phi) is 1.78. The predicted octanol–water partition coefficient (Wildman–Crippen LogP) is 2.16. The van der Waals surface area contributed by atoms with E-state index in [4.69, 9.17) is 11.6 Å². The molecule has 0 saturated carbocycles. The number of thiophene rings is 1. The van der Waals surface area contributed by atoms with Gasteiger partial charge in [-0.1, -0.05) is 11.6 Å². The van der Waals surface area contributed by atoms with E-state index in [2.05, 4.69) is 9.97 Å². The fraction of sp³-hybridized carbons (Fsp3) is 0. The molecule has 0 aliphatic rings. The zero-order valence-corrected chi connectivity index (χ0v) is 7.39. The lowest BCUT2D eigenvalue weighted by molar-refractivity contribution is 0.112. The van der Waals surface area contributed by atoms with E-state index < -0.39 is 0 Å². The summed E-state index contributed by atoms with van der Waals surface area (Å²) >= 11 is 7.10. The van der Waals surface area contributed by atoms with Crippen LogP contribution in [0.4, 0.5) is 0 Å². The summed E-state index contributed by atoms with van der Waals surface area (Å²) in [6, 6.07) is 0. The molecule has 0 saturated heterocycles. The largest absolute Gasteiger partial charge is 0.298 e. The van der Waals surface area contributed by atoms with Crippen LogP contribution in [-0.2, 0) is 0 Å². The van der Waals surface area contributed by atoms with E-state index in [1.807, 2.05) is 0 Å². The van der Waals surface area contributed by atoms with Crippen LogP contribution in [0.2, 0.25) is 4.34 Å². The van der Waals surface area contributed by atoms with Gasteiger partial charge in [0.2, 0.25) is 0 Å². The molecule has 0 bridgehead atoms. The van der Waals surface area contributed by atoms with Gasteiger partial charge in [0.05, 0.1) is 15.8 Å².